The van der Waals surface area contributed by atoms with Gasteiger partial charge in [-0.3, -0.25) is 4.90 Å². The minimum atomic E-state index is 0.472. The summed E-state index contributed by atoms with van der Waals surface area (Å²) in [6.07, 6.45) is 2.56. The van der Waals surface area contributed by atoms with Gasteiger partial charge in [-0.1, -0.05) is 6.92 Å². The molecule has 138 valence electrons. The van der Waals surface area contributed by atoms with E-state index in [0.29, 0.717) is 12.4 Å². The molecule has 0 bridgehead atoms. The highest BCUT2D eigenvalue weighted by Gasteiger charge is 2.21. The van der Waals surface area contributed by atoms with Crippen molar-refractivity contribution in [3.63, 3.8) is 0 Å². The number of fused-ring (bicyclic) bond motifs is 1. The van der Waals surface area contributed by atoms with Gasteiger partial charge in [0.05, 0.1) is 23.0 Å². The van der Waals surface area contributed by atoms with Crippen LogP contribution in [0, 0.1) is 0 Å². The van der Waals surface area contributed by atoms with E-state index in [4.69, 9.17) is 4.74 Å². The zero-order chi connectivity index (χ0) is 17.9. The number of hydrogen-bond donors (Lipinski definition) is 0. The summed E-state index contributed by atoms with van der Waals surface area (Å²) < 4.78 is 7.05. The first-order valence-electron chi connectivity index (χ1n) is 8.86. The quantitative estimate of drug-likeness (QED) is 0.650. The molecule has 0 radical (unpaired) electrons. The molecule has 0 saturated carbocycles. The van der Waals surface area contributed by atoms with E-state index in [1.807, 2.05) is 4.52 Å². The third-order valence-corrected chi connectivity index (χ3v) is 5.60. The van der Waals surface area contributed by atoms with Gasteiger partial charge in [-0.15, -0.1) is 11.3 Å². The minimum Gasteiger partial charge on any atom is -0.378 e. The molecule has 1 saturated heterocycles. The van der Waals surface area contributed by atoms with Crippen LogP contribution in [0.2, 0.25) is 0 Å². The predicted octanol–water partition coefficient (Wildman–Crippen LogP) is 1.61. The molecule has 0 aliphatic carbocycles. The molecule has 4 rings (SSSR count). The Kier molecular flexibility index (Phi) is 5.09. The Hall–Kier alpha value is -2.10. The predicted molar refractivity (Wildman–Crippen MR) is 100 cm³/mol. The van der Waals surface area contributed by atoms with Crippen LogP contribution < -0.4 is 4.90 Å². The molecule has 0 unspecified atom stereocenters. The van der Waals surface area contributed by atoms with E-state index in [2.05, 4.69) is 48.2 Å². The lowest BCUT2D eigenvalue weighted by Gasteiger charge is -2.35. The summed E-state index contributed by atoms with van der Waals surface area (Å²) in [5.41, 5.74) is 2.06. The molecule has 0 atom stereocenters. The van der Waals surface area contributed by atoms with Crippen molar-refractivity contribution in [1.29, 1.82) is 0 Å². The van der Waals surface area contributed by atoms with Gasteiger partial charge in [-0.2, -0.15) is 14.6 Å². The molecule has 3 aromatic rings. The number of thiazole rings is 1. The molecular weight excluding hydrogens is 350 g/mol. The van der Waals surface area contributed by atoms with Gasteiger partial charge in [0.2, 0.25) is 0 Å². The summed E-state index contributed by atoms with van der Waals surface area (Å²) in [5, 5.41) is 7.73. The molecule has 3 aromatic heterocycles. The molecular formula is C17H23N7OS. The van der Waals surface area contributed by atoms with Gasteiger partial charge in [0, 0.05) is 51.3 Å². The second kappa shape index (κ2) is 7.65. The lowest BCUT2D eigenvalue weighted by molar-refractivity contribution is 0.181. The molecule has 0 spiro atoms. The summed E-state index contributed by atoms with van der Waals surface area (Å²) in [5.74, 6) is 1.65. The van der Waals surface area contributed by atoms with Crippen LogP contribution in [-0.2, 0) is 24.3 Å². The third kappa shape index (κ3) is 3.55. The maximum absolute atomic E-state index is 5.24. The summed E-state index contributed by atoms with van der Waals surface area (Å²) in [6.45, 7) is 7.42. The van der Waals surface area contributed by atoms with Gasteiger partial charge in [0.1, 0.15) is 12.1 Å². The average Bonchev–Trinajstić information content (AvgIpc) is 3.31. The smallest absolute Gasteiger partial charge is 0.254 e. The minimum absolute atomic E-state index is 0.472. The van der Waals surface area contributed by atoms with Crippen molar-refractivity contribution in [1.82, 2.24) is 29.5 Å². The average molecular weight is 373 g/mol. The van der Waals surface area contributed by atoms with E-state index < -0.39 is 0 Å². The number of anilines is 1. The largest absolute Gasteiger partial charge is 0.378 e. The van der Waals surface area contributed by atoms with Crippen molar-refractivity contribution in [2.75, 3.05) is 38.2 Å². The second-order valence-electron chi connectivity index (χ2n) is 6.36. The van der Waals surface area contributed by atoms with Gasteiger partial charge < -0.3 is 9.64 Å². The number of aryl methyl sites for hydroxylation is 1. The number of hydrogen-bond acceptors (Lipinski definition) is 8. The van der Waals surface area contributed by atoms with Gasteiger partial charge in [-0.25, -0.2) is 9.97 Å². The molecule has 0 N–H and O–H groups in total. The number of aromatic nitrogens is 5. The maximum Gasteiger partial charge on any atom is 0.254 e. The monoisotopic (exact) mass is 373 g/mol. The van der Waals surface area contributed by atoms with E-state index in [-0.39, 0.29) is 0 Å². The molecule has 0 aromatic carbocycles. The first-order chi connectivity index (χ1) is 12.8. The van der Waals surface area contributed by atoms with Gasteiger partial charge in [0.15, 0.2) is 0 Å². The molecule has 0 amide bonds. The fraction of sp³-hybridized carbons (Fsp3) is 0.529. The topological polar surface area (TPSA) is 71.7 Å². The number of ether oxygens (including phenoxy) is 1. The van der Waals surface area contributed by atoms with Gasteiger partial charge >= 0.3 is 0 Å². The molecule has 4 heterocycles. The fourth-order valence-electron chi connectivity index (χ4n) is 3.24. The van der Waals surface area contributed by atoms with Crippen LogP contribution in [-0.4, -0.2) is 62.8 Å². The highest BCUT2D eigenvalue weighted by atomic mass is 32.1. The van der Waals surface area contributed by atoms with E-state index >= 15 is 0 Å². The van der Waals surface area contributed by atoms with Crippen molar-refractivity contribution in [3.05, 3.63) is 34.2 Å². The number of piperazine rings is 1. The van der Waals surface area contributed by atoms with Crippen molar-refractivity contribution in [2.45, 2.75) is 26.5 Å². The lowest BCUT2D eigenvalue weighted by Crippen LogP contribution is -2.46. The Morgan fingerprint density at radius 1 is 1.15 bits per heavy atom. The van der Waals surface area contributed by atoms with Gasteiger partial charge in [0.25, 0.3) is 5.78 Å². The maximum atomic E-state index is 5.24. The van der Waals surface area contributed by atoms with Crippen LogP contribution in [0.3, 0.4) is 0 Å². The van der Waals surface area contributed by atoms with Crippen LogP contribution in [0.15, 0.2) is 17.8 Å². The highest BCUT2D eigenvalue weighted by Crippen LogP contribution is 2.20. The highest BCUT2D eigenvalue weighted by molar-refractivity contribution is 7.09. The molecule has 9 heteroatoms. The fourth-order valence-corrected chi connectivity index (χ4v) is 3.98. The Morgan fingerprint density at radius 3 is 2.73 bits per heavy atom. The van der Waals surface area contributed by atoms with Gasteiger partial charge in [-0.05, 0) is 6.42 Å². The Morgan fingerprint density at radius 2 is 2.00 bits per heavy atom. The Balaban J connectivity index is 1.46. The number of methoxy groups -OCH3 is 1. The molecule has 1 aliphatic heterocycles. The molecule has 8 nitrogen and oxygen atoms in total. The number of nitrogens with zero attached hydrogens (tertiary/aromatic N) is 7. The third-order valence-electron chi connectivity index (χ3n) is 4.56. The van der Waals surface area contributed by atoms with Crippen LogP contribution in [0.5, 0.6) is 0 Å². The standard InChI is InChI=1S/C17H23N7OS/c1-3-15-20-14(11-26-15)9-22-4-6-23(7-5-22)16-8-13(10-25-2)21-17-18-12-19-24(16)17/h8,11-12H,3-7,9-10H2,1-2H3. The summed E-state index contributed by atoms with van der Waals surface area (Å²) in [7, 11) is 1.68. The van der Waals surface area contributed by atoms with E-state index in [0.717, 1.165) is 50.7 Å². The molecule has 1 fully saturated rings. The summed E-state index contributed by atoms with van der Waals surface area (Å²) in [6, 6.07) is 2.05. The van der Waals surface area contributed by atoms with Crippen LogP contribution in [0.1, 0.15) is 23.3 Å². The second-order valence-corrected chi connectivity index (χ2v) is 7.30. The normalized spacial score (nSPS) is 15.8. The first kappa shape index (κ1) is 17.3. The van der Waals surface area contributed by atoms with E-state index in [9.17, 15) is 0 Å². The van der Waals surface area contributed by atoms with Crippen molar-refractivity contribution in [3.8, 4) is 0 Å². The van der Waals surface area contributed by atoms with Crippen molar-refractivity contribution in [2.24, 2.45) is 0 Å². The SMILES string of the molecule is CCc1nc(CN2CCN(c3cc(COC)nc4ncnn34)CC2)cs1. The summed E-state index contributed by atoms with van der Waals surface area (Å²) in [4.78, 5) is 18.2. The first-order valence-corrected chi connectivity index (χ1v) is 9.74. The molecule has 26 heavy (non-hydrogen) atoms. The van der Waals surface area contributed by atoms with Crippen LogP contribution in [0.4, 0.5) is 5.82 Å². The van der Waals surface area contributed by atoms with Crippen molar-refractivity contribution >= 4 is 22.9 Å². The molecule has 1 aliphatic rings. The zero-order valence-electron chi connectivity index (χ0n) is 15.1. The van der Waals surface area contributed by atoms with Crippen LogP contribution >= 0.6 is 11.3 Å². The Labute approximate surface area is 156 Å². The lowest BCUT2D eigenvalue weighted by atomic mass is 10.3. The summed E-state index contributed by atoms with van der Waals surface area (Å²) >= 11 is 1.76. The van der Waals surface area contributed by atoms with E-state index in [1.165, 1.54) is 10.7 Å². The Bertz CT molecular complexity index is 869. The van der Waals surface area contributed by atoms with Crippen molar-refractivity contribution < 1.29 is 4.74 Å². The van der Waals surface area contributed by atoms with Crippen LogP contribution in [0.25, 0.3) is 5.78 Å². The number of rotatable bonds is 6. The van der Waals surface area contributed by atoms with E-state index in [1.54, 1.807) is 24.8 Å². The zero-order valence-corrected chi connectivity index (χ0v) is 15.9.